The van der Waals surface area contributed by atoms with E-state index >= 15 is 0 Å². The fourth-order valence-corrected chi connectivity index (χ4v) is 4.17. The van der Waals surface area contributed by atoms with Crippen molar-refractivity contribution in [2.75, 3.05) is 6.54 Å². The summed E-state index contributed by atoms with van der Waals surface area (Å²) < 4.78 is 0. The van der Waals surface area contributed by atoms with E-state index < -0.39 is 17.2 Å². The SMILES string of the molecule is C/C=C\CCCC(=O)NCC.CC(CCCC(=O)O)O[N+](=O)[O-].NC1CCCC1/C=C/CCCc1ccccc1. The topological polar surface area (TPSA) is 145 Å². The minimum Gasteiger partial charge on any atom is -0.481 e. The van der Waals surface area contributed by atoms with Gasteiger partial charge in [0.05, 0.1) is 0 Å². The van der Waals surface area contributed by atoms with Crippen LogP contribution in [0.2, 0.25) is 0 Å². The van der Waals surface area contributed by atoms with E-state index in [1.807, 2.05) is 19.9 Å². The minimum absolute atomic E-state index is 0.0193. The van der Waals surface area contributed by atoms with Gasteiger partial charge < -0.3 is 21.0 Å². The summed E-state index contributed by atoms with van der Waals surface area (Å²) in [7, 11) is 0. The highest BCUT2D eigenvalue weighted by molar-refractivity contribution is 5.75. The predicted octanol–water partition coefficient (Wildman–Crippen LogP) is 6.40. The fraction of sp³-hybridized carbons (Fsp3) is 0.613. The summed E-state index contributed by atoms with van der Waals surface area (Å²) in [4.78, 5) is 34.8. The van der Waals surface area contributed by atoms with Gasteiger partial charge in [-0.3, -0.25) is 9.59 Å². The Bertz CT molecular complexity index is 860. The van der Waals surface area contributed by atoms with Gasteiger partial charge in [0, 0.05) is 25.4 Å². The highest BCUT2D eigenvalue weighted by Crippen LogP contribution is 2.25. The molecule has 3 atom stereocenters. The van der Waals surface area contributed by atoms with Crippen molar-refractivity contribution in [1.29, 1.82) is 0 Å². The van der Waals surface area contributed by atoms with Gasteiger partial charge in [0.2, 0.25) is 5.91 Å². The molecule has 40 heavy (non-hydrogen) atoms. The molecule has 9 heteroatoms. The van der Waals surface area contributed by atoms with Crippen molar-refractivity contribution in [1.82, 2.24) is 5.32 Å². The maximum Gasteiger partial charge on any atom is 0.303 e. The predicted molar refractivity (Wildman–Crippen MR) is 160 cm³/mol. The summed E-state index contributed by atoms with van der Waals surface area (Å²) in [5.74, 6) is -0.0907. The first kappa shape index (κ1) is 36.8. The summed E-state index contributed by atoms with van der Waals surface area (Å²) in [6, 6.07) is 11.1. The van der Waals surface area contributed by atoms with Crippen LogP contribution in [0.1, 0.15) is 97.0 Å². The average molecular weight is 562 g/mol. The van der Waals surface area contributed by atoms with E-state index in [1.165, 1.54) is 51.0 Å². The number of hydrogen-bond donors (Lipinski definition) is 3. The molecule has 1 aliphatic rings. The van der Waals surface area contributed by atoms with Crippen molar-refractivity contribution >= 4 is 11.9 Å². The van der Waals surface area contributed by atoms with Crippen molar-refractivity contribution in [2.24, 2.45) is 11.7 Å². The number of rotatable bonds is 16. The molecular formula is C31H51N3O6. The Labute approximate surface area is 240 Å². The highest BCUT2D eigenvalue weighted by Gasteiger charge is 2.20. The molecule has 2 rings (SSSR count). The number of aliphatic carboxylic acids is 1. The Balaban J connectivity index is 0.000000593. The number of aryl methyl sites for hydroxylation is 1. The molecule has 0 spiro atoms. The van der Waals surface area contributed by atoms with Crippen LogP contribution < -0.4 is 11.1 Å². The van der Waals surface area contributed by atoms with Gasteiger partial charge in [-0.1, -0.05) is 61.1 Å². The molecular weight excluding hydrogens is 510 g/mol. The van der Waals surface area contributed by atoms with Gasteiger partial charge in [-0.2, -0.15) is 0 Å². The van der Waals surface area contributed by atoms with Crippen LogP contribution in [0.4, 0.5) is 0 Å². The number of carboxylic acid groups (broad SMARTS) is 1. The molecule has 1 aromatic rings. The van der Waals surface area contributed by atoms with Crippen LogP contribution in [0.5, 0.6) is 0 Å². The third-order valence-electron chi connectivity index (χ3n) is 6.34. The van der Waals surface area contributed by atoms with Crippen molar-refractivity contribution < 1.29 is 24.6 Å². The summed E-state index contributed by atoms with van der Waals surface area (Å²) in [5, 5.41) is 19.9. The second kappa shape index (κ2) is 24.8. The lowest BCUT2D eigenvalue weighted by Crippen LogP contribution is -2.22. The number of carbonyl (C=O) groups excluding carboxylic acids is 1. The fourth-order valence-electron chi connectivity index (χ4n) is 4.17. The maximum atomic E-state index is 10.9. The van der Waals surface area contributed by atoms with E-state index in [-0.39, 0.29) is 12.3 Å². The number of nitrogens with zero attached hydrogens (tertiary/aromatic N) is 1. The number of nitrogens with one attached hydrogen (secondary N) is 1. The summed E-state index contributed by atoms with van der Waals surface area (Å²) in [6.07, 6.45) is 19.1. The number of carboxylic acids is 1. The first-order chi connectivity index (χ1) is 19.2. The van der Waals surface area contributed by atoms with Crippen LogP contribution in [-0.4, -0.2) is 40.8 Å². The zero-order chi connectivity index (χ0) is 30.0. The Kier molecular flexibility index (Phi) is 22.8. The van der Waals surface area contributed by atoms with Gasteiger partial charge in [-0.05, 0) is 90.0 Å². The molecule has 0 saturated heterocycles. The lowest BCUT2D eigenvalue weighted by molar-refractivity contribution is -0.767. The van der Waals surface area contributed by atoms with Crippen LogP contribution in [0.3, 0.4) is 0 Å². The zero-order valence-corrected chi connectivity index (χ0v) is 24.6. The number of nitrogens with two attached hydrogens (primary N) is 1. The summed E-state index contributed by atoms with van der Waals surface area (Å²) in [5.41, 5.74) is 7.48. The van der Waals surface area contributed by atoms with Crippen LogP contribution >= 0.6 is 0 Å². The van der Waals surface area contributed by atoms with Gasteiger partial charge in [0.1, 0.15) is 6.10 Å². The molecule has 1 fully saturated rings. The zero-order valence-electron chi connectivity index (χ0n) is 24.6. The molecule has 0 aliphatic heterocycles. The smallest absolute Gasteiger partial charge is 0.303 e. The van der Waals surface area contributed by atoms with E-state index in [0.29, 0.717) is 31.2 Å². The van der Waals surface area contributed by atoms with E-state index in [1.54, 1.807) is 0 Å². The molecule has 226 valence electrons. The quantitative estimate of drug-likeness (QED) is 0.0916. The first-order valence-corrected chi connectivity index (χ1v) is 14.6. The van der Waals surface area contributed by atoms with Gasteiger partial charge >= 0.3 is 5.97 Å². The molecule has 0 heterocycles. The van der Waals surface area contributed by atoms with Gasteiger partial charge in [-0.15, -0.1) is 10.1 Å². The average Bonchev–Trinajstić information content (AvgIpc) is 3.32. The number of unbranched alkanes of at least 4 members (excludes halogenated alkanes) is 2. The Hall–Kier alpha value is -3.20. The molecule has 0 aromatic heterocycles. The lowest BCUT2D eigenvalue weighted by Gasteiger charge is -2.09. The minimum atomic E-state index is -0.900. The van der Waals surface area contributed by atoms with Gasteiger partial charge in [-0.25, -0.2) is 0 Å². The molecule has 4 N–H and O–H groups in total. The van der Waals surface area contributed by atoms with Crippen LogP contribution in [0.15, 0.2) is 54.6 Å². The third-order valence-corrected chi connectivity index (χ3v) is 6.34. The van der Waals surface area contributed by atoms with Crippen molar-refractivity contribution in [2.45, 2.75) is 110 Å². The van der Waals surface area contributed by atoms with E-state index in [2.05, 4.69) is 58.7 Å². The van der Waals surface area contributed by atoms with Crippen molar-refractivity contribution in [3.63, 3.8) is 0 Å². The number of carbonyl (C=O) groups is 2. The Morgan fingerprint density at radius 2 is 1.85 bits per heavy atom. The summed E-state index contributed by atoms with van der Waals surface area (Å²) >= 11 is 0. The van der Waals surface area contributed by atoms with Crippen molar-refractivity contribution in [3.05, 3.63) is 70.3 Å². The van der Waals surface area contributed by atoms with E-state index in [9.17, 15) is 19.7 Å². The molecule has 1 aliphatic carbocycles. The molecule has 9 nitrogen and oxygen atoms in total. The first-order valence-electron chi connectivity index (χ1n) is 14.6. The number of benzene rings is 1. The van der Waals surface area contributed by atoms with E-state index in [0.717, 1.165) is 19.4 Å². The largest absolute Gasteiger partial charge is 0.481 e. The molecule has 1 amide bonds. The normalized spacial score (nSPS) is 16.9. The number of amides is 1. The maximum absolute atomic E-state index is 10.9. The van der Waals surface area contributed by atoms with Crippen molar-refractivity contribution in [3.8, 4) is 0 Å². The third kappa shape index (κ3) is 22.8. The second-order valence-electron chi connectivity index (χ2n) is 9.90. The van der Waals surface area contributed by atoms with Gasteiger partial charge in [0.15, 0.2) is 0 Å². The van der Waals surface area contributed by atoms with Gasteiger partial charge in [0.25, 0.3) is 5.09 Å². The summed E-state index contributed by atoms with van der Waals surface area (Å²) in [6.45, 7) is 6.20. The standard InChI is InChI=1S/C16H23N.C9H17NO.C6H11NO5/c17-16-13-7-12-15(16)11-6-2-5-10-14-8-3-1-4-9-14;1-3-5-6-7-8-9(11)10-4-2;1-5(12-7(10)11)3-2-4-6(8)9/h1,3-4,6,8-9,11,15-16H,2,5,7,10,12-13,17H2;3,5H,4,6-8H2,1-2H3,(H,10,11);5H,2-4H2,1H3,(H,8,9)/b11-6+;5-3-;. The van der Waals surface area contributed by atoms with E-state index in [4.69, 9.17) is 10.8 Å². The molecule has 1 aromatic carbocycles. The molecule has 0 radical (unpaired) electrons. The second-order valence-corrected chi connectivity index (χ2v) is 9.90. The molecule has 0 bridgehead atoms. The number of hydrogen-bond acceptors (Lipinski definition) is 6. The highest BCUT2D eigenvalue weighted by atomic mass is 17.0. The monoisotopic (exact) mass is 561 g/mol. The number of allylic oxidation sites excluding steroid dienone is 3. The Morgan fingerprint density at radius 1 is 1.15 bits per heavy atom. The Morgan fingerprint density at radius 3 is 2.42 bits per heavy atom. The lowest BCUT2D eigenvalue weighted by atomic mass is 10.0. The molecule has 1 saturated carbocycles. The molecule has 3 unspecified atom stereocenters. The van der Waals surface area contributed by atoms with Crippen LogP contribution in [0.25, 0.3) is 0 Å². The van der Waals surface area contributed by atoms with Crippen LogP contribution in [-0.2, 0) is 20.8 Å². The van der Waals surface area contributed by atoms with Crippen LogP contribution in [0, 0.1) is 16.0 Å².